The first kappa shape index (κ1) is 15.2. The molecule has 0 bridgehead atoms. The number of pyridine rings is 4. The largest absolute Gasteiger partial charge is 0.307 e. The fraction of sp³-hybridized carbons (Fsp3) is 0. The quantitative estimate of drug-likeness (QED) is 0.498. The Kier molecular flexibility index (Phi) is 5.63. The number of carbonyl (C=O) groups excluding carboxylic acids is 1. The Morgan fingerprint density at radius 3 is 0.955 bits per heavy atom. The van der Waals surface area contributed by atoms with Gasteiger partial charge in [0.05, 0.1) is 22.1 Å². The number of carbonyl (C=O) groups is 1. The molecule has 0 aromatic carbocycles. The minimum atomic E-state index is 0.949. The zero-order chi connectivity index (χ0) is 15.6. The second-order valence-electron chi connectivity index (χ2n) is 4.09. The Morgan fingerprint density at radius 2 is 0.727 bits per heavy atom. The molecule has 0 fully saturated rings. The second kappa shape index (κ2) is 8.16. The zero-order valence-electron chi connectivity index (χ0n) is 11.8. The predicted octanol–water partition coefficient (Wildman–Crippen LogP) is 3.07. The van der Waals surface area contributed by atoms with Gasteiger partial charge in [0.15, 0.2) is 0 Å². The molecule has 0 unspecified atom stereocenters. The molecule has 4 rings (SSSR count). The van der Waals surface area contributed by atoms with Crippen LogP contribution in [0.2, 0.25) is 0 Å². The van der Waals surface area contributed by atoms with Crippen molar-refractivity contribution in [1.82, 2.24) is 19.9 Å². The van der Waals surface area contributed by atoms with Gasteiger partial charge in [-0.05, 0) is 48.5 Å². The molecule has 22 heavy (non-hydrogen) atoms. The molecular weight excluding hydrogens is 276 g/mol. The maximum atomic E-state index is 8.00. The van der Waals surface area contributed by atoms with Gasteiger partial charge in [-0.25, -0.2) is 0 Å². The Morgan fingerprint density at radius 1 is 0.500 bits per heavy atom. The van der Waals surface area contributed by atoms with Crippen molar-refractivity contribution in [3.05, 3.63) is 73.3 Å². The molecule has 4 aromatic heterocycles. The van der Waals surface area contributed by atoms with Gasteiger partial charge in [-0.1, -0.05) is 0 Å². The van der Waals surface area contributed by atoms with E-state index in [-0.39, 0.29) is 0 Å². The minimum absolute atomic E-state index is 0.949. The maximum absolute atomic E-state index is 8.00. The number of hydrogen-bond donors (Lipinski definition) is 0. The molecule has 0 spiro atoms. The molecule has 108 valence electrons. The summed E-state index contributed by atoms with van der Waals surface area (Å²) in [6.07, 6.45) is 7.07. The lowest BCUT2D eigenvalue weighted by molar-refractivity contribution is -0.0979. The summed E-state index contributed by atoms with van der Waals surface area (Å²) < 4.78 is 0. The highest BCUT2D eigenvalue weighted by atomic mass is 16.1. The van der Waals surface area contributed by atoms with Crippen LogP contribution in [0.1, 0.15) is 0 Å². The standard InChI is InChI=1S/2C8H6N2.CH2O/c2*1-3-7-8(9-5-1)4-2-6-10-7;1-2/h2*1-6H;1H2. The van der Waals surface area contributed by atoms with E-state index >= 15 is 0 Å². The topological polar surface area (TPSA) is 68.6 Å². The van der Waals surface area contributed by atoms with Gasteiger partial charge in [-0.2, -0.15) is 0 Å². The van der Waals surface area contributed by atoms with Crippen LogP contribution in [0.3, 0.4) is 0 Å². The molecule has 0 aliphatic carbocycles. The smallest absolute Gasteiger partial charge is 0.106 e. The van der Waals surface area contributed by atoms with E-state index in [1.54, 1.807) is 24.8 Å². The molecule has 0 saturated heterocycles. The van der Waals surface area contributed by atoms with Crippen molar-refractivity contribution in [3.63, 3.8) is 0 Å². The molecule has 0 atom stereocenters. The third kappa shape index (κ3) is 3.89. The van der Waals surface area contributed by atoms with Crippen molar-refractivity contribution >= 4 is 28.9 Å². The number of nitrogens with zero attached hydrogens (tertiary/aromatic N) is 4. The Hall–Kier alpha value is -3.21. The molecule has 4 aromatic rings. The van der Waals surface area contributed by atoms with Gasteiger partial charge in [0.25, 0.3) is 0 Å². The van der Waals surface area contributed by atoms with Crippen LogP contribution >= 0.6 is 0 Å². The summed E-state index contributed by atoms with van der Waals surface area (Å²) >= 11 is 0. The van der Waals surface area contributed by atoms with Gasteiger partial charge in [0, 0.05) is 24.8 Å². The van der Waals surface area contributed by atoms with Crippen LogP contribution in [-0.4, -0.2) is 26.7 Å². The van der Waals surface area contributed by atoms with Crippen LogP contribution in [0.15, 0.2) is 73.3 Å². The average molecular weight is 290 g/mol. The average Bonchev–Trinajstić information content (AvgIpc) is 2.64. The van der Waals surface area contributed by atoms with Gasteiger partial charge in [-0.3, -0.25) is 19.9 Å². The molecule has 5 heteroatoms. The number of hydrogen-bond acceptors (Lipinski definition) is 5. The Balaban J connectivity index is 0.000000144. The van der Waals surface area contributed by atoms with E-state index in [0.717, 1.165) is 22.1 Å². The summed E-state index contributed by atoms with van der Waals surface area (Å²) in [6, 6.07) is 15.3. The SMILES string of the molecule is C=O.c1cnc2cccnc2c1.c1cnc2cccnc2c1. The lowest BCUT2D eigenvalue weighted by Crippen LogP contribution is -1.78. The molecule has 4 heterocycles. The van der Waals surface area contributed by atoms with Crippen LogP contribution in [-0.2, 0) is 4.79 Å². The van der Waals surface area contributed by atoms with Crippen molar-refractivity contribution in [3.8, 4) is 0 Å². The number of rotatable bonds is 0. The van der Waals surface area contributed by atoms with Crippen molar-refractivity contribution in [2.45, 2.75) is 0 Å². The van der Waals surface area contributed by atoms with Gasteiger partial charge < -0.3 is 4.79 Å². The lowest BCUT2D eigenvalue weighted by atomic mass is 10.3. The van der Waals surface area contributed by atoms with Crippen LogP contribution in [0.25, 0.3) is 22.1 Å². The first-order valence-electron chi connectivity index (χ1n) is 6.54. The van der Waals surface area contributed by atoms with Crippen molar-refractivity contribution in [2.75, 3.05) is 0 Å². The Labute approximate surface area is 127 Å². The summed E-state index contributed by atoms with van der Waals surface area (Å²) in [5.41, 5.74) is 3.80. The maximum Gasteiger partial charge on any atom is 0.106 e. The first-order chi connectivity index (χ1) is 10.9. The van der Waals surface area contributed by atoms with E-state index in [2.05, 4.69) is 19.9 Å². The van der Waals surface area contributed by atoms with Gasteiger partial charge >= 0.3 is 0 Å². The molecule has 0 saturated carbocycles. The van der Waals surface area contributed by atoms with Crippen LogP contribution in [0.4, 0.5) is 0 Å². The minimum Gasteiger partial charge on any atom is -0.307 e. The second-order valence-corrected chi connectivity index (χ2v) is 4.09. The third-order valence-electron chi connectivity index (χ3n) is 2.74. The first-order valence-corrected chi connectivity index (χ1v) is 6.54. The highest BCUT2D eigenvalue weighted by Gasteiger charge is 1.89. The molecule has 5 nitrogen and oxygen atoms in total. The molecule has 0 amide bonds. The van der Waals surface area contributed by atoms with Crippen molar-refractivity contribution < 1.29 is 4.79 Å². The highest BCUT2D eigenvalue weighted by Crippen LogP contribution is 2.05. The fourth-order valence-corrected chi connectivity index (χ4v) is 1.81. The predicted molar refractivity (Wildman–Crippen MR) is 86.2 cm³/mol. The number of aromatic nitrogens is 4. The molecule has 0 N–H and O–H groups in total. The summed E-state index contributed by atoms with van der Waals surface area (Å²) in [7, 11) is 0. The summed E-state index contributed by atoms with van der Waals surface area (Å²) in [4.78, 5) is 24.5. The summed E-state index contributed by atoms with van der Waals surface area (Å²) in [5, 5.41) is 0. The van der Waals surface area contributed by atoms with E-state index in [9.17, 15) is 0 Å². The third-order valence-corrected chi connectivity index (χ3v) is 2.74. The van der Waals surface area contributed by atoms with Crippen molar-refractivity contribution in [1.29, 1.82) is 0 Å². The van der Waals surface area contributed by atoms with Gasteiger partial charge in [0.1, 0.15) is 6.79 Å². The van der Waals surface area contributed by atoms with E-state index in [4.69, 9.17) is 4.79 Å². The summed E-state index contributed by atoms with van der Waals surface area (Å²) in [5.74, 6) is 0. The number of fused-ring (bicyclic) bond motifs is 2. The Bertz CT molecular complexity index is 649. The van der Waals surface area contributed by atoms with E-state index in [1.807, 2.05) is 55.3 Å². The molecule has 0 aliphatic heterocycles. The van der Waals surface area contributed by atoms with Crippen LogP contribution in [0.5, 0.6) is 0 Å². The monoisotopic (exact) mass is 290 g/mol. The highest BCUT2D eigenvalue weighted by molar-refractivity contribution is 5.73. The fourth-order valence-electron chi connectivity index (χ4n) is 1.81. The van der Waals surface area contributed by atoms with Crippen LogP contribution in [0, 0.1) is 0 Å². The summed E-state index contributed by atoms with van der Waals surface area (Å²) in [6.45, 7) is 2.00. The molecule has 0 radical (unpaired) electrons. The van der Waals surface area contributed by atoms with E-state index in [1.165, 1.54) is 0 Å². The van der Waals surface area contributed by atoms with E-state index < -0.39 is 0 Å². The lowest BCUT2D eigenvalue weighted by Gasteiger charge is -1.90. The van der Waals surface area contributed by atoms with E-state index in [0.29, 0.717) is 0 Å². The molecular formula is C17H14N4O. The molecule has 0 aliphatic rings. The van der Waals surface area contributed by atoms with Gasteiger partial charge in [-0.15, -0.1) is 0 Å². The van der Waals surface area contributed by atoms with Crippen LogP contribution < -0.4 is 0 Å². The van der Waals surface area contributed by atoms with Gasteiger partial charge in [0.2, 0.25) is 0 Å². The normalized spacial score (nSPS) is 9.27. The zero-order valence-corrected chi connectivity index (χ0v) is 11.8. The van der Waals surface area contributed by atoms with Crippen molar-refractivity contribution in [2.24, 2.45) is 0 Å².